The second kappa shape index (κ2) is 5.70. The highest BCUT2D eigenvalue weighted by molar-refractivity contribution is 5.78. The summed E-state index contributed by atoms with van der Waals surface area (Å²) in [5, 5.41) is 4.84. The number of fused-ring (bicyclic) bond motifs is 1. The van der Waals surface area contributed by atoms with Gasteiger partial charge in [-0.05, 0) is 55.0 Å². The van der Waals surface area contributed by atoms with Gasteiger partial charge >= 0.3 is 0 Å². The number of rotatable bonds is 4. The minimum absolute atomic E-state index is 0.886. The summed E-state index contributed by atoms with van der Waals surface area (Å²) < 4.78 is 0. The molecule has 2 aromatic rings. The third kappa shape index (κ3) is 3.13. The maximum atomic E-state index is 4.35. The summed E-state index contributed by atoms with van der Waals surface area (Å²) in [6.45, 7) is 4.50. The van der Waals surface area contributed by atoms with Crippen LogP contribution in [0.15, 0.2) is 36.5 Å². The summed E-state index contributed by atoms with van der Waals surface area (Å²) in [4.78, 5) is 4.35. The molecule has 0 saturated heterocycles. The van der Waals surface area contributed by atoms with Gasteiger partial charge in [0.05, 0.1) is 5.52 Å². The standard InChI is InChI=1S/C17H22N2/c1-13-4-5-14(9-13)11-18-12-15-6-7-17-16(10-15)3-2-8-19-17/h2-3,6-8,10,13-14,18H,4-5,9,11-12H2,1H3. The van der Waals surface area contributed by atoms with Crippen molar-refractivity contribution in [2.75, 3.05) is 6.54 Å². The number of aromatic nitrogens is 1. The Hall–Kier alpha value is -1.41. The van der Waals surface area contributed by atoms with Crippen LogP contribution in [0.5, 0.6) is 0 Å². The van der Waals surface area contributed by atoms with Crippen molar-refractivity contribution in [1.29, 1.82) is 0 Å². The van der Waals surface area contributed by atoms with Gasteiger partial charge in [-0.2, -0.15) is 0 Å². The van der Waals surface area contributed by atoms with Gasteiger partial charge in [-0.25, -0.2) is 0 Å². The molecule has 100 valence electrons. The lowest BCUT2D eigenvalue weighted by Gasteiger charge is -2.11. The van der Waals surface area contributed by atoms with Crippen molar-refractivity contribution in [3.63, 3.8) is 0 Å². The van der Waals surface area contributed by atoms with E-state index in [1.165, 1.54) is 30.2 Å². The smallest absolute Gasteiger partial charge is 0.0702 e. The minimum atomic E-state index is 0.886. The molecule has 0 amide bonds. The van der Waals surface area contributed by atoms with Crippen molar-refractivity contribution >= 4 is 10.9 Å². The predicted octanol–water partition coefficient (Wildman–Crippen LogP) is 3.76. The van der Waals surface area contributed by atoms with Gasteiger partial charge in [0.15, 0.2) is 0 Å². The number of pyridine rings is 1. The molecule has 0 spiro atoms. The van der Waals surface area contributed by atoms with Gasteiger partial charge in [-0.3, -0.25) is 4.98 Å². The van der Waals surface area contributed by atoms with Crippen molar-refractivity contribution in [3.05, 3.63) is 42.1 Å². The first-order chi connectivity index (χ1) is 9.31. The topological polar surface area (TPSA) is 24.9 Å². The SMILES string of the molecule is CC1CCC(CNCc2ccc3ncccc3c2)C1. The Balaban J connectivity index is 1.56. The van der Waals surface area contributed by atoms with Crippen molar-refractivity contribution in [3.8, 4) is 0 Å². The first-order valence-corrected chi connectivity index (χ1v) is 7.35. The van der Waals surface area contributed by atoms with Crippen molar-refractivity contribution < 1.29 is 0 Å². The van der Waals surface area contributed by atoms with E-state index < -0.39 is 0 Å². The maximum Gasteiger partial charge on any atom is 0.0702 e. The maximum absolute atomic E-state index is 4.35. The van der Waals surface area contributed by atoms with E-state index in [9.17, 15) is 0 Å². The molecule has 2 heteroatoms. The van der Waals surface area contributed by atoms with Crippen LogP contribution < -0.4 is 5.32 Å². The van der Waals surface area contributed by atoms with Crippen molar-refractivity contribution in [2.24, 2.45) is 11.8 Å². The van der Waals surface area contributed by atoms with Crippen molar-refractivity contribution in [2.45, 2.75) is 32.7 Å². The summed E-state index contributed by atoms with van der Waals surface area (Å²) in [7, 11) is 0. The molecule has 2 nitrogen and oxygen atoms in total. The zero-order valence-electron chi connectivity index (χ0n) is 11.6. The molecule has 0 bridgehead atoms. The molecule has 2 atom stereocenters. The quantitative estimate of drug-likeness (QED) is 0.898. The molecule has 1 aliphatic carbocycles. The highest BCUT2D eigenvalue weighted by Gasteiger charge is 2.20. The van der Waals surface area contributed by atoms with E-state index >= 15 is 0 Å². The molecule has 3 rings (SSSR count). The van der Waals surface area contributed by atoms with E-state index in [1.54, 1.807) is 0 Å². The Kier molecular flexibility index (Phi) is 3.79. The van der Waals surface area contributed by atoms with Crippen LogP contribution in [0.4, 0.5) is 0 Å². The summed E-state index contributed by atoms with van der Waals surface area (Å²) in [6.07, 6.45) is 6.06. The lowest BCUT2D eigenvalue weighted by atomic mass is 10.1. The third-order valence-electron chi connectivity index (χ3n) is 4.23. The van der Waals surface area contributed by atoms with Gasteiger partial charge in [-0.1, -0.05) is 25.5 Å². The molecule has 0 aliphatic heterocycles. The molecule has 1 heterocycles. The summed E-state index contributed by atoms with van der Waals surface area (Å²) in [6, 6.07) is 10.7. The molecule has 1 fully saturated rings. The first-order valence-electron chi connectivity index (χ1n) is 7.35. The Bertz CT molecular complexity index is 550. The normalized spacial score (nSPS) is 23.0. The predicted molar refractivity (Wildman–Crippen MR) is 80.0 cm³/mol. The van der Waals surface area contributed by atoms with E-state index in [1.807, 2.05) is 12.3 Å². The van der Waals surface area contributed by atoms with E-state index in [4.69, 9.17) is 0 Å². The fourth-order valence-corrected chi connectivity index (χ4v) is 3.17. The van der Waals surface area contributed by atoms with Gasteiger partial charge in [-0.15, -0.1) is 0 Å². The lowest BCUT2D eigenvalue weighted by molar-refractivity contribution is 0.471. The fourth-order valence-electron chi connectivity index (χ4n) is 3.17. The van der Waals surface area contributed by atoms with Crippen LogP contribution >= 0.6 is 0 Å². The number of nitrogens with one attached hydrogen (secondary N) is 1. The molecule has 2 unspecified atom stereocenters. The average molecular weight is 254 g/mol. The van der Waals surface area contributed by atoms with Gasteiger partial charge < -0.3 is 5.32 Å². The van der Waals surface area contributed by atoms with Crippen molar-refractivity contribution in [1.82, 2.24) is 10.3 Å². The molecule has 1 saturated carbocycles. The molecule has 1 aromatic heterocycles. The van der Waals surface area contributed by atoms with E-state index in [0.717, 1.165) is 30.4 Å². The van der Waals surface area contributed by atoms with Crippen LogP contribution in [-0.4, -0.2) is 11.5 Å². The Morgan fingerprint density at radius 2 is 2.21 bits per heavy atom. The van der Waals surface area contributed by atoms with E-state index in [-0.39, 0.29) is 0 Å². The monoisotopic (exact) mass is 254 g/mol. The average Bonchev–Trinajstić information content (AvgIpc) is 2.84. The summed E-state index contributed by atoms with van der Waals surface area (Å²) >= 11 is 0. The molecular weight excluding hydrogens is 232 g/mol. The van der Waals surface area contributed by atoms with Crippen LogP contribution in [-0.2, 0) is 6.54 Å². The second-order valence-electron chi connectivity index (χ2n) is 5.95. The number of hydrogen-bond acceptors (Lipinski definition) is 2. The molecular formula is C17H22N2. The van der Waals surface area contributed by atoms with Crippen LogP contribution in [0.1, 0.15) is 31.7 Å². The van der Waals surface area contributed by atoms with Crippen LogP contribution in [0.25, 0.3) is 10.9 Å². The molecule has 1 N–H and O–H groups in total. The van der Waals surface area contributed by atoms with Crippen LogP contribution in [0.3, 0.4) is 0 Å². The zero-order valence-corrected chi connectivity index (χ0v) is 11.6. The van der Waals surface area contributed by atoms with Gasteiger partial charge in [0.2, 0.25) is 0 Å². The van der Waals surface area contributed by atoms with E-state index in [0.29, 0.717) is 0 Å². The number of nitrogens with zero attached hydrogens (tertiary/aromatic N) is 1. The van der Waals surface area contributed by atoms with Gasteiger partial charge in [0.25, 0.3) is 0 Å². The first kappa shape index (κ1) is 12.6. The highest BCUT2D eigenvalue weighted by atomic mass is 14.9. The zero-order chi connectivity index (χ0) is 13.1. The summed E-state index contributed by atoms with van der Waals surface area (Å²) in [5.74, 6) is 1.82. The Morgan fingerprint density at radius 1 is 1.26 bits per heavy atom. The third-order valence-corrected chi connectivity index (χ3v) is 4.23. The Labute approximate surface area is 115 Å². The van der Waals surface area contributed by atoms with Crippen LogP contribution in [0.2, 0.25) is 0 Å². The molecule has 1 aromatic carbocycles. The lowest BCUT2D eigenvalue weighted by Crippen LogP contribution is -2.20. The van der Waals surface area contributed by atoms with Gasteiger partial charge in [0, 0.05) is 18.1 Å². The second-order valence-corrected chi connectivity index (χ2v) is 5.95. The van der Waals surface area contributed by atoms with Crippen LogP contribution in [0, 0.1) is 11.8 Å². The van der Waals surface area contributed by atoms with E-state index in [2.05, 4.69) is 41.5 Å². The summed E-state index contributed by atoms with van der Waals surface area (Å²) in [5.41, 5.74) is 2.43. The number of hydrogen-bond donors (Lipinski definition) is 1. The fraction of sp³-hybridized carbons (Fsp3) is 0.471. The minimum Gasteiger partial charge on any atom is -0.312 e. The molecule has 1 aliphatic rings. The Morgan fingerprint density at radius 3 is 3.05 bits per heavy atom. The molecule has 19 heavy (non-hydrogen) atoms. The number of benzene rings is 1. The highest BCUT2D eigenvalue weighted by Crippen LogP contribution is 2.29. The van der Waals surface area contributed by atoms with Gasteiger partial charge in [0.1, 0.15) is 0 Å². The largest absolute Gasteiger partial charge is 0.312 e. The molecule has 0 radical (unpaired) electrons.